The van der Waals surface area contributed by atoms with E-state index >= 15 is 0 Å². The lowest BCUT2D eigenvalue weighted by atomic mass is 9.93. The van der Waals surface area contributed by atoms with E-state index in [2.05, 4.69) is 43.0 Å². The Balaban J connectivity index is 2.12. The molecule has 2 rings (SSSR count). The van der Waals surface area contributed by atoms with Crippen LogP contribution in [-0.2, 0) is 13.0 Å². The Morgan fingerprint density at radius 2 is 2.18 bits per heavy atom. The highest BCUT2D eigenvalue weighted by Crippen LogP contribution is 2.23. The molecule has 1 aromatic carbocycles. The topological polar surface area (TPSA) is 27.0 Å². The number of rotatable bonds is 3. The molecule has 1 aliphatic heterocycles. The molecule has 0 unspecified atom stereocenters. The summed E-state index contributed by atoms with van der Waals surface area (Å²) in [6, 6.07) is 9.12. The maximum atomic E-state index is 8.63. The van der Waals surface area contributed by atoms with Gasteiger partial charge in [0.25, 0.3) is 0 Å². The largest absolute Gasteiger partial charge is 0.298 e. The van der Waals surface area contributed by atoms with E-state index in [9.17, 15) is 0 Å². The van der Waals surface area contributed by atoms with Gasteiger partial charge in [0.1, 0.15) is 0 Å². The number of nitriles is 1. The predicted octanol–water partition coefficient (Wildman–Crippen LogP) is 3.08. The summed E-state index contributed by atoms with van der Waals surface area (Å²) in [5, 5.41) is 8.63. The van der Waals surface area contributed by atoms with Crippen LogP contribution in [0.25, 0.3) is 0 Å². The van der Waals surface area contributed by atoms with Gasteiger partial charge in [0.05, 0.1) is 6.07 Å². The van der Waals surface area contributed by atoms with Crippen molar-refractivity contribution in [2.75, 3.05) is 13.1 Å². The van der Waals surface area contributed by atoms with Gasteiger partial charge in [-0.2, -0.15) is 5.26 Å². The van der Waals surface area contributed by atoms with Crippen molar-refractivity contribution in [3.63, 3.8) is 0 Å². The van der Waals surface area contributed by atoms with Crippen molar-refractivity contribution in [3.05, 3.63) is 34.9 Å². The minimum Gasteiger partial charge on any atom is -0.298 e. The van der Waals surface area contributed by atoms with Crippen molar-refractivity contribution in [3.8, 4) is 6.07 Å². The molecule has 1 heterocycles. The average Bonchev–Trinajstić information content (AvgIpc) is 2.35. The fourth-order valence-corrected chi connectivity index (χ4v) is 2.39. The molecular weight excluding hydrogens is 208 g/mol. The Labute approximate surface area is 104 Å². The van der Waals surface area contributed by atoms with Gasteiger partial charge in [0.2, 0.25) is 0 Å². The molecule has 0 bridgehead atoms. The van der Waals surface area contributed by atoms with Crippen molar-refractivity contribution >= 4 is 0 Å². The fraction of sp³-hybridized carbons (Fsp3) is 0.533. The van der Waals surface area contributed by atoms with Gasteiger partial charge in [-0.1, -0.05) is 32.0 Å². The maximum absolute atomic E-state index is 8.63. The first-order chi connectivity index (χ1) is 8.20. The van der Waals surface area contributed by atoms with Crippen LogP contribution in [0.4, 0.5) is 0 Å². The van der Waals surface area contributed by atoms with Crippen molar-refractivity contribution in [1.82, 2.24) is 4.90 Å². The Kier molecular flexibility index (Phi) is 3.81. The van der Waals surface area contributed by atoms with Crippen molar-refractivity contribution in [1.29, 1.82) is 5.26 Å². The Morgan fingerprint density at radius 1 is 1.35 bits per heavy atom. The molecule has 1 aliphatic rings. The molecule has 1 aromatic rings. The Bertz CT molecular complexity index is 429. The van der Waals surface area contributed by atoms with Crippen LogP contribution < -0.4 is 0 Å². The summed E-state index contributed by atoms with van der Waals surface area (Å²) in [7, 11) is 0. The van der Waals surface area contributed by atoms with Gasteiger partial charge < -0.3 is 0 Å². The van der Waals surface area contributed by atoms with Gasteiger partial charge in [0, 0.05) is 26.1 Å². The molecule has 90 valence electrons. The van der Waals surface area contributed by atoms with Crippen LogP contribution in [-0.4, -0.2) is 18.0 Å². The second-order valence-electron chi connectivity index (χ2n) is 5.12. The summed E-state index contributed by atoms with van der Waals surface area (Å²) in [6.45, 7) is 7.48. The minimum absolute atomic E-state index is 0.592. The molecule has 0 aromatic heterocycles. The van der Waals surface area contributed by atoms with Crippen LogP contribution in [0.5, 0.6) is 0 Å². The smallest absolute Gasteiger partial charge is 0.0635 e. The standard InChI is InChI=1S/C15H20N2/c1-12(2)14-5-4-13-6-9-17(8-3-7-16)11-15(13)10-14/h4-5,10,12H,3,6,8-9,11H2,1-2H3. The lowest BCUT2D eigenvalue weighted by Crippen LogP contribution is -2.31. The van der Waals surface area contributed by atoms with Gasteiger partial charge in [-0.25, -0.2) is 0 Å². The van der Waals surface area contributed by atoms with E-state index in [1.54, 1.807) is 0 Å². The number of nitrogens with zero attached hydrogens (tertiary/aromatic N) is 2. The third-order valence-electron chi connectivity index (χ3n) is 3.53. The normalized spacial score (nSPS) is 15.6. The van der Waals surface area contributed by atoms with E-state index in [1.165, 1.54) is 16.7 Å². The van der Waals surface area contributed by atoms with E-state index in [1.807, 2.05) is 0 Å². The summed E-state index contributed by atoms with van der Waals surface area (Å²) < 4.78 is 0. The Morgan fingerprint density at radius 3 is 2.88 bits per heavy atom. The van der Waals surface area contributed by atoms with Gasteiger partial charge in [0.15, 0.2) is 0 Å². The molecule has 0 amide bonds. The summed E-state index contributed by atoms with van der Waals surface area (Å²) in [5.74, 6) is 0.592. The van der Waals surface area contributed by atoms with Gasteiger partial charge in [-0.05, 0) is 29.0 Å². The van der Waals surface area contributed by atoms with E-state index in [0.717, 1.165) is 26.1 Å². The van der Waals surface area contributed by atoms with E-state index in [-0.39, 0.29) is 0 Å². The van der Waals surface area contributed by atoms with Gasteiger partial charge >= 0.3 is 0 Å². The predicted molar refractivity (Wildman–Crippen MR) is 69.7 cm³/mol. The van der Waals surface area contributed by atoms with Crippen molar-refractivity contribution in [2.45, 2.75) is 39.2 Å². The van der Waals surface area contributed by atoms with Crippen molar-refractivity contribution in [2.24, 2.45) is 0 Å². The molecule has 0 saturated carbocycles. The third-order valence-corrected chi connectivity index (χ3v) is 3.53. The number of fused-ring (bicyclic) bond motifs is 1. The summed E-state index contributed by atoms with van der Waals surface area (Å²) in [5.41, 5.74) is 4.37. The molecule has 0 aliphatic carbocycles. The molecule has 0 saturated heterocycles. The second kappa shape index (κ2) is 5.33. The van der Waals surface area contributed by atoms with Gasteiger partial charge in [-0.15, -0.1) is 0 Å². The van der Waals surface area contributed by atoms with E-state index < -0.39 is 0 Å². The number of hydrogen-bond donors (Lipinski definition) is 0. The molecule has 0 radical (unpaired) electrons. The fourth-order valence-electron chi connectivity index (χ4n) is 2.39. The average molecular weight is 228 g/mol. The second-order valence-corrected chi connectivity index (χ2v) is 5.12. The molecule has 17 heavy (non-hydrogen) atoms. The molecule has 0 fully saturated rings. The quantitative estimate of drug-likeness (QED) is 0.795. The van der Waals surface area contributed by atoms with Crippen LogP contribution >= 0.6 is 0 Å². The van der Waals surface area contributed by atoms with Crippen LogP contribution in [0.1, 0.15) is 42.9 Å². The first-order valence-electron chi connectivity index (χ1n) is 6.41. The number of benzene rings is 1. The van der Waals surface area contributed by atoms with Crippen LogP contribution in [0.2, 0.25) is 0 Å². The van der Waals surface area contributed by atoms with E-state index in [4.69, 9.17) is 5.26 Å². The summed E-state index contributed by atoms with van der Waals surface area (Å²) in [4.78, 5) is 2.38. The van der Waals surface area contributed by atoms with Crippen LogP contribution in [0.15, 0.2) is 18.2 Å². The Hall–Kier alpha value is -1.33. The van der Waals surface area contributed by atoms with Gasteiger partial charge in [-0.3, -0.25) is 4.90 Å². The first-order valence-corrected chi connectivity index (χ1v) is 6.41. The maximum Gasteiger partial charge on any atom is 0.0635 e. The molecular formula is C15H20N2. The number of hydrogen-bond acceptors (Lipinski definition) is 2. The molecule has 2 heteroatoms. The highest BCUT2D eigenvalue weighted by atomic mass is 15.1. The summed E-state index contributed by atoms with van der Waals surface area (Å²) in [6.07, 6.45) is 1.76. The zero-order valence-electron chi connectivity index (χ0n) is 10.7. The molecule has 0 spiro atoms. The molecule has 0 N–H and O–H groups in total. The molecule has 0 atom stereocenters. The SMILES string of the molecule is CC(C)c1ccc2c(c1)CN(CCC#N)CC2. The van der Waals surface area contributed by atoms with Crippen molar-refractivity contribution < 1.29 is 0 Å². The molecule has 2 nitrogen and oxygen atoms in total. The third kappa shape index (κ3) is 2.87. The minimum atomic E-state index is 0.592. The summed E-state index contributed by atoms with van der Waals surface area (Å²) >= 11 is 0. The van der Waals surface area contributed by atoms with Crippen LogP contribution in [0.3, 0.4) is 0 Å². The highest BCUT2D eigenvalue weighted by molar-refractivity contribution is 5.35. The van der Waals surface area contributed by atoms with E-state index in [0.29, 0.717) is 12.3 Å². The first kappa shape index (κ1) is 12.1. The van der Waals surface area contributed by atoms with Crippen LogP contribution in [0, 0.1) is 11.3 Å². The monoisotopic (exact) mass is 228 g/mol. The lowest BCUT2D eigenvalue weighted by Gasteiger charge is -2.28. The highest BCUT2D eigenvalue weighted by Gasteiger charge is 2.16. The zero-order chi connectivity index (χ0) is 12.3. The lowest BCUT2D eigenvalue weighted by molar-refractivity contribution is 0.260. The zero-order valence-corrected chi connectivity index (χ0v) is 10.7.